The molecular weight excluding hydrogens is 438 g/mol. The lowest BCUT2D eigenvalue weighted by molar-refractivity contribution is -0.188. The largest absolute Gasteiger partial charge is 0.349 e. The SMILES string of the molecule is CC(=O)N[C@@H](CCN1C2CCC23CC(n2c(C)nc4c2CN(C(C)=O)CC4)CC13)c1ccccc1. The van der Waals surface area contributed by atoms with E-state index in [2.05, 4.69) is 33.8 Å². The summed E-state index contributed by atoms with van der Waals surface area (Å²) in [6.07, 6.45) is 6.82. The number of likely N-dealkylation sites (tertiary alicyclic amines) is 1. The Morgan fingerprint density at radius 1 is 1.20 bits per heavy atom. The third-order valence-electron chi connectivity index (χ3n) is 9.42. The Balaban J connectivity index is 1.18. The van der Waals surface area contributed by atoms with Crippen molar-refractivity contribution in [2.24, 2.45) is 5.41 Å². The summed E-state index contributed by atoms with van der Waals surface area (Å²) in [7, 11) is 0. The van der Waals surface area contributed by atoms with Gasteiger partial charge in [-0.15, -0.1) is 0 Å². The van der Waals surface area contributed by atoms with Crippen LogP contribution in [0, 0.1) is 12.3 Å². The molecule has 1 saturated heterocycles. The van der Waals surface area contributed by atoms with Gasteiger partial charge < -0.3 is 14.8 Å². The maximum absolute atomic E-state index is 12.1. The van der Waals surface area contributed by atoms with Crippen molar-refractivity contribution in [2.75, 3.05) is 13.1 Å². The lowest BCUT2D eigenvalue weighted by Gasteiger charge is -2.68. The summed E-state index contributed by atoms with van der Waals surface area (Å²) in [5.74, 6) is 1.30. The molecule has 2 aliphatic carbocycles. The van der Waals surface area contributed by atoms with Crippen LogP contribution in [0.4, 0.5) is 0 Å². The molecule has 6 rings (SSSR count). The average molecular weight is 476 g/mol. The summed E-state index contributed by atoms with van der Waals surface area (Å²) < 4.78 is 2.50. The van der Waals surface area contributed by atoms with Crippen LogP contribution in [0.1, 0.15) is 80.8 Å². The van der Waals surface area contributed by atoms with Crippen LogP contribution in [-0.2, 0) is 22.6 Å². The van der Waals surface area contributed by atoms with Gasteiger partial charge in [0.05, 0.1) is 24.0 Å². The molecule has 7 heteroatoms. The first-order valence-corrected chi connectivity index (χ1v) is 13.3. The standard InChI is InChI=1S/C28H37N5O2/c1-18-29-24-10-13-31(20(3)35)17-25(24)33(18)22-15-27-28(16-22)12-9-26(28)32(27)14-11-23(30-19(2)34)21-7-5-4-6-8-21/h4-8,22-23,26-27H,9-17H2,1-3H3,(H,30,34)/t22?,23-,26?,27?,28?/m0/s1. The van der Waals surface area contributed by atoms with E-state index in [1.54, 1.807) is 13.8 Å². The molecule has 7 nitrogen and oxygen atoms in total. The quantitative estimate of drug-likeness (QED) is 0.694. The summed E-state index contributed by atoms with van der Waals surface area (Å²) in [6, 6.07) is 12.2. The normalized spacial score (nSPS) is 29.9. The van der Waals surface area contributed by atoms with Gasteiger partial charge in [-0.3, -0.25) is 14.5 Å². The zero-order valence-electron chi connectivity index (χ0n) is 21.2. The number of nitrogens with zero attached hydrogens (tertiary/aromatic N) is 4. The van der Waals surface area contributed by atoms with Gasteiger partial charge in [-0.1, -0.05) is 30.3 Å². The van der Waals surface area contributed by atoms with Crippen molar-refractivity contribution in [3.63, 3.8) is 0 Å². The summed E-state index contributed by atoms with van der Waals surface area (Å²) in [6.45, 7) is 7.92. The highest BCUT2D eigenvalue weighted by Gasteiger charge is 2.69. The first-order chi connectivity index (χ1) is 16.9. The number of hydrogen-bond donors (Lipinski definition) is 1. The molecule has 186 valence electrons. The number of imidazole rings is 1. The average Bonchev–Trinajstić information content (AvgIpc) is 3.36. The van der Waals surface area contributed by atoms with Gasteiger partial charge in [0, 0.05) is 56.9 Å². The number of nitrogens with one attached hydrogen (secondary N) is 1. The van der Waals surface area contributed by atoms with Gasteiger partial charge in [0.1, 0.15) is 5.82 Å². The van der Waals surface area contributed by atoms with Crippen molar-refractivity contribution >= 4 is 11.8 Å². The van der Waals surface area contributed by atoms with E-state index >= 15 is 0 Å². The molecule has 1 spiro atoms. The predicted octanol–water partition coefficient (Wildman–Crippen LogP) is 3.53. The molecule has 1 aromatic carbocycles. The van der Waals surface area contributed by atoms with Crippen LogP contribution < -0.4 is 5.32 Å². The third kappa shape index (κ3) is 3.62. The molecule has 4 unspecified atom stereocenters. The molecule has 2 saturated carbocycles. The Labute approximate surface area is 207 Å². The summed E-state index contributed by atoms with van der Waals surface area (Å²) >= 11 is 0. The minimum atomic E-state index is 0.0290. The Bertz CT molecular complexity index is 1140. The van der Waals surface area contributed by atoms with Gasteiger partial charge in [-0.25, -0.2) is 4.98 Å². The van der Waals surface area contributed by atoms with Crippen LogP contribution in [0.3, 0.4) is 0 Å². The van der Waals surface area contributed by atoms with Crippen LogP contribution in [0.15, 0.2) is 30.3 Å². The molecule has 2 aromatic rings. The van der Waals surface area contributed by atoms with Gasteiger partial charge in [-0.2, -0.15) is 0 Å². The maximum Gasteiger partial charge on any atom is 0.219 e. The predicted molar refractivity (Wildman–Crippen MR) is 134 cm³/mol. The number of rotatable bonds is 6. The molecule has 2 amide bonds. The lowest BCUT2D eigenvalue weighted by atomic mass is 9.53. The molecule has 1 aromatic heterocycles. The minimum Gasteiger partial charge on any atom is -0.349 e. The summed E-state index contributed by atoms with van der Waals surface area (Å²) in [5, 5.41) is 3.18. The number of fused-ring (bicyclic) bond motifs is 1. The topological polar surface area (TPSA) is 70.5 Å². The monoisotopic (exact) mass is 475 g/mol. The number of aryl methyl sites for hydroxylation is 1. The van der Waals surface area contributed by atoms with E-state index < -0.39 is 0 Å². The van der Waals surface area contributed by atoms with Gasteiger partial charge in [0.25, 0.3) is 0 Å². The number of piperidine rings is 1. The third-order valence-corrected chi connectivity index (χ3v) is 9.42. The molecule has 35 heavy (non-hydrogen) atoms. The van der Waals surface area contributed by atoms with E-state index in [0.29, 0.717) is 30.1 Å². The second kappa shape index (κ2) is 8.47. The molecule has 4 aliphatic rings. The van der Waals surface area contributed by atoms with Crippen molar-refractivity contribution in [1.29, 1.82) is 0 Å². The van der Waals surface area contributed by atoms with Gasteiger partial charge >= 0.3 is 0 Å². The Morgan fingerprint density at radius 2 is 2.00 bits per heavy atom. The van der Waals surface area contributed by atoms with Crippen LogP contribution in [0.5, 0.6) is 0 Å². The maximum atomic E-state index is 12.1. The molecular formula is C28H37N5O2. The fraction of sp³-hybridized carbons (Fsp3) is 0.607. The van der Waals surface area contributed by atoms with E-state index in [1.165, 1.54) is 36.2 Å². The first-order valence-electron chi connectivity index (χ1n) is 13.3. The van der Waals surface area contributed by atoms with E-state index in [9.17, 15) is 9.59 Å². The van der Waals surface area contributed by atoms with Crippen LogP contribution in [0.25, 0.3) is 0 Å². The second-order valence-electron chi connectivity index (χ2n) is 11.2. The molecule has 3 fully saturated rings. The van der Waals surface area contributed by atoms with Crippen molar-refractivity contribution in [1.82, 2.24) is 24.7 Å². The van der Waals surface area contributed by atoms with Crippen molar-refractivity contribution in [3.05, 3.63) is 53.1 Å². The second-order valence-corrected chi connectivity index (χ2v) is 11.2. The smallest absolute Gasteiger partial charge is 0.219 e. The lowest BCUT2D eigenvalue weighted by Crippen LogP contribution is -2.74. The number of amides is 2. The van der Waals surface area contributed by atoms with E-state index in [0.717, 1.165) is 38.2 Å². The zero-order chi connectivity index (χ0) is 24.3. The molecule has 0 bridgehead atoms. The van der Waals surface area contributed by atoms with Crippen LogP contribution in [0.2, 0.25) is 0 Å². The zero-order valence-corrected chi connectivity index (χ0v) is 21.2. The summed E-state index contributed by atoms with van der Waals surface area (Å²) in [4.78, 5) is 33.6. The van der Waals surface area contributed by atoms with Gasteiger partial charge in [-0.05, 0) is 44.6 Å². The van der Waals surface area contributed by atoms with Crippen LogP contribution in [-0.4, -0.2) is 56.3 Å². The summed E-state index contributed by atoms with van der Waals surface area (Å²) in [5.41, 5.74) is 4.10. The van der Waals surface area contributed by atoms with Crippen molar-refractivity contribution in [3.8, 4) is 0 Å². The molecule has 0 radical (unpaired) electrons. The van der Waals surface area contributed by atoms with E-state index in [1.807, 2.05) is 23.1 Å². The highest BCUT2D eigenvalue weighted by molar-refractivity contribution is 5.73. The van der Waals surface area contributed by atoms with Gasteiger partial charge in [0.15, 0.2) is 0 Å². The van der Waals surface area contributed by atoms with Crippen LogP contribution >= 0.6 is 0 Å². The van der Waals surface area contributed by atoms with E-state index in [4.69, 9.17) is 4.98 Å². The molecule has 3 heterocycles. The molecule has 2 aliphatic heterocycles. The minimum absolute atomic E-state index is 0.0290. The van der Waals surface area contributed by atoms with Crippen molar-refractivity contribution < 1.29 is 9.59 Å². The number of aromatic nitrogens is 2. The number of hydrogen-bond acceptors (Lipinski definition) is 4. The van der Waals surface area contributed by atoms with Crippen molar-refractivity contribution in [2.45, 2.75) is 90.0 Å². The van der Waals surface area contributed by atoms with Gasteiger partial charge in [0.2, 0.25) is 11.8 Å². The first kappa shape index (κ1) is 22.8. The Kier molecular flexibility index (Phi) is 5.51. The fourth-order valence-corrected chi connectivity index (χ4v) is 7.83. The Morgan fingerprint density at radius 3 is 2.69 bits per heavy atom. The number of carbonyl (C=O) groups is 2. The fourth-order valence-electron chi connectivity index (χ4n) is 7.83. The Hall–Kier alpha value is -2.67. The molecule has 1 N–H and O–H groups in total. The number of benzene rings is 1. The van der Waals surface area contributed by atoms with E-state index in [-0.39, 0.29) is 17.9 Å². The molecule has 5 atom stereocenters. The highest BCUT2D eigenvalue weighted by Crippen LogP contribution is 2.67. The highest BCUT2D eigenvalue weighted by atomic mass is 16.2. The number of carbonyl (C=O) groups excluding carboxylic acids is 2.